The standard InChI is InChI=1S/C32H42N4O5S/c1-4-27-7-5-6-18-35(27)22-29-14-13-28(40-29)21-33-32(37)26-16-19-36(20-17-26)42(38,39)31-24(3)34-41-30(31)15-12-25-10-8-23(2)9-11-25/h8-15,26-27H,4-7,16-22H2,1-3H3,(H,33,37)/b15-12+/t27-/m0/s1. The molecule has 0 radical (unpaired) electrons. The normalized spacial score (nSPS) is 19.5. The molecular weight excluding hydrogens is 552 g/mol. The third-order valence-corrected chi connectivity index (χ3v) is 10.6. The fraction of sp³-hybridized carbons (Fsp3) is 0.500. The Morgan fingerprint density at radius 1 is 1.00 bits per heavy atom. The van der Waals surface area contributed by atoms with Gasteiger partial charge in [-0.05, 0) is 76.3 Å². The van der Waals surface area contributed by atoms with Crippen molar-refractivity contribution in [2.75, 3.05) is 19.6 Å². The number of hydrogen-bond acceptors (Lipinski definition) is 7. The van der Waals surface area contributed by atoms with Crippen LogP contribution in [0.2, 0.25) is 0 Å². The van der Waals surface area contributed by atoms with E-state index in [1.807, 2.05) is 49.4 Å². The lowest BCUT2D eigenvalue weighted by atomic mass is 9.97. The summed E-state index contributed by atoms with van der Waals surface area (Å²) in [4.78, 5) is 15.5. The number of sulfonamides is 1. The van der Waals surface area contributed by atoms with E-state index in [-0.39, 0.29) is 35.6 Å². The average Bonchev–Trinajstić information content (AvgIpc) is 3.62. The van der Waals surface area contributed by atoms with E-state index in [0.717, 1.165) is 42.2 Å². The number of nitrogens with zero attached hydrogens (tertiary/aromatic N) is 3. The Morgan fingerprint density at radius 3 is 2.48 bits per heavy atom. The molecule has 42 heavy (non-hydrogen) atoms. The largest absolute Gasteiger partial charge is 0.463 e. The van der Waals surface area contributed by atoms with Crippen molar-refractivity contribution in [1.29, 1.82) is 0 Å². The second kappa shape index (κ2) is 13.4. The quantitative estimate of drug-likeness (QED) is 0.328. The lowest BCUT2D eigenvalue weighted by molar-refractivity contribution is -0.126. The highest BCUT2D eigenvalue weighted by atomic mass is 32.2. The van der Waals surface area contributed by atoms with Crippen LogP contribution in [-0.4, -0.2) is 54.4 Å². The van der Waals surface area contributed by atoms with Crippen LogP contribution in [0.1, 0.15) is 79.6 Å². The number of likely N-dealkylation sites (tertiary alicyclic amines) is 1. The third-order valence-electron chi connectivity index (χ3n) is 8.49. The van der Waals surface area contributed by atoms with Crippen molar-refractivity contribution in [2.24, 2.45) is 5.92 Å². The fourth-order valence-corrected chi connectivity index (χ4v) is 7.71. The van der Waals surface area contributed by atoms with Gasteiger partial charge in [0.25, 0.3) is 0 Å². The Morgan fingerprint density at radius 2 is 1.74 bits per heavy atom. The van der Waals surface area contributed by atoms with Gasteiger partial charge in [0.05, 0.1) is 13.1 Å². The fourth-order valence-electron chi connectivity index (χ4n) is 5.99. The van der Waals surface area contributed by atoms with Crippen molar-refractivity contribution >= 4 is 28.1 Å². The Bertz CT molecular complexity index is 1480. The maximum atomic E-state index is 13.6. The molecule has 0 saturated carbocycles. The second-order valence-corrected chi connectivity index (χ2v) is 13.4. The van der Waals surface area contributed by atoms with Gasteiger partial charge < -0.3 is 14.3 Å². The highest BCUT2D eigenvalue weighted by Gasteiger charge is 2.36. The first-order chi connectivity index (χ1) is 20.2. The summed E-state index contributed by atoms with van der Waals surface area (Å²) in [6, 6.07) is 12.4. The number of piperidine rings is 2. The molecule has 226 valence electrons. The van der Waals surface area contributed by atoms with Crippen molar-refractivity contribution < 1.29 is 22.2 Å². The zero-order valence-corrected chi connectivity index (χ0v) is 25.7. The van der Waals surface area contributed by atoms with Crippen LogP contribution in [0.4, 0.5) is 0 Å². The Labute approximate surface area is 249 Å². The molecule has 2 saturated heterocycles. The van der Waals surface area contributed by atoms with Crippen LogP contribution < -0.4 is 5.32 Å². The zero-order chi connectivity index (χ0) is 29.7. The van der Waals surface area contributed by atoms with E-state index in [1.165, 1.54) is 23.6 Å². The number of benzene rings is 1. The molecule has 2 aliphatic heterocycles. The molecular formula is C32H42N4O5S. The second-order valence-electron chi connectivity index (χ2n) is 11.5. The minimum atomic E-state index is -3.84. The van der Waals surface area contributed by atoms with Gasteiger partial charge in [0, 0.05) is 25.0 Å². The molecule has 1 amide bonds. The van der Waals surface area contributed by atoms with Gasteiger partial charge in [-0.1, -0.05) is 54.4 Å². The van der Waals surface area contributed by atoms with Crippen LogP contribution in [0.3, 0.4) is 0 Å². The molecule has 0 bridgehead atoms. The van der Waals surface area contributed by atoms with Crippen LogP contribution in [-0.2, 0) is 27.9 Å². The summed E-state index contributed by atoms with van der Waals surface area (Å²) in [6.45, 7) is 8.62. The van der Waals surface area contributed by atoms with E-state index in [2.05, 4.69) is 22.3 Å². The monoisotopic (exact) mass is 594 g/mol. The molecule has 2 aliphatic rings. The van der Waals surface area contributed by atoms with E-state index < -0.39 is 10.0 Å². The van der Waals surface area contributed by atoms with Crippen LogP contribution in [0.25, 0.3) is 12.2 Å². The number of carbonyl (C=O) groups excluding carboxylic acids is 1. The Balaban J connectivity index is 1.14. The number of aryl methyl sites for hydroxylation is 2. The van der Waals surface area contributed by atoms with Crippen molar-refractivity contribution in [2.45, 2.75) is 83.3 Å². The zero-order valence-electron chi connectivity index (χ0n) is 24.8. The van der Waals surface area contributed by atoms with Crippen molar-refractivity contribution in [3.05, 3.63) is 70.5 Å². The van der Waals surface area contributed by atoms with Gasteiger partial charge in [-0.15, -0.1) is 0 Å². The van der Waals surface area contributed by atoms with E-state index in [4.69, 9.17) is 8.94 Å². The summed E-state index contributed by atoms with van der Waals surface area (Å²) in [7, 11) is -3.84. The minimum absolute atomic E-state index is 0.0741. The van der Waals surface area contributed by atoms with Crippen LogP contribution >= 0.6 is 0 Å². The van der Waals surface area contributed by atoms with Gasteiger partial charge in [-0.3, -0.25) is 9.69 Å². The maximum Gasteiger partial charge on any atom is 0.248 e. The van der Waals surface area contributed by atoms with Crippen LogP contribution in [0.15, 0.2) is 50.2 Å². The first-order valence-electron chi connectivity index (χ1n) is 15.0. The Kier molecular flexibility index (Phi) is 9.65. The lowest BCUT2D eigenvalue weighted by Crippen LogP contribution is -2.43. The van der Waals surface area contributed by atoms with Gasteiger partial charge in [0.15, 0.2) is 10.7 Å². The predicted octanol–water partition coefficient (Wildman–Crippen LogP) is 5.54. The molecule has 2 fully saturated rings. The number of hydrogen-bond donors (Lipinski definition) is 1. The van der Waals surface area contributed by atoms with Gasteiger partial charge in [-0.2, -0.15) is 4.31 Å². The van der Waals surface area contributed by atoms with E-state index >= 15 is 0 Å². The molecule has 3 aromatic rings. The van der Waals surface area contributed by atoms with Gasteiger partial charge in [0.2, 0.25) is 15.9 Å². The molecule has 0 unspecified atom stereocenters. The van der Waals surface area contributed by atoms with E-state index in [9.17, 15) is 13.2 Å². The third kappa shape index (κ3) is 7.04. The molecule has 1 N–H and O–H groups in total. The summed E-state index contributed by atoms with van der Waals surface area (Å²) >= 11 is 0. The average molecular weight is 595 g/mol. The van der Waals surface area contributed by atoms with Gasteiger partial charge >= 0.3 is 0 Å². The molecule has 0 aliphatic carbocycles. The number of aromatic nitrogens is 1. The van der Waals surface area contributed by atoms with Crippen LogP contribution in [0.5, 0.6) is 0 Å². The highest BCUT2D eigenvalue weighted by molar-refractivity contribution is 7.89. The summed E-state index contributed by atoms with van der Waals surface area (Å²) in [5, 5.41) is 6.93. The minimum Gasteiger partial charge on any atom is -0.463 e. The number of carbonyl (C=O) groups is 1. The number of rotatable bonds is 10. The molecule has 0 spiro atoms. The molecule has 2 aromatic heterocycles. The van der Waals surface area contributed by atoms with Gasteiger partial charge in [-0.25, -0.2) is 8.42 Å². The SMILES string of the molecule is CC[C@H]1CCCCN1Cc1ccc(CNC(=O)C2CCN(S(=O)(=O)c3c(C)noc3/C=C/c3ccc(C)cc3)CC2)o1. The van der Waals surface area contributed by atoms with Crippen molar-refractivity contribution in [1.82, 2.24) is 19.7 Å². The van der Waals surface area contributed by atoms with Crippen molar-refractivity contribution in [3.63, 3.8) is 0 Å². The van der Waals surface area contributed by atoms with Gasteiger partial charge in [0.1, 0.15) is 17.2 Å². The number of furan rings is 1. The summed E-state index contributed by atoms with van der Waals surface area (Å²) in [6.07, 6.45) is 9.26. The predicted molar refractivity (Wildman–Crippen MR) is 162 cm³/mol. The maximum absolute atomic E-state index is 13.6. The molecule has 9 nitrogen and oxygen atoms in total. The highest BCUT2D eigenvalue weighted by Crippen LogP contribution is 2.29. The topological polar surface area (TPSA) is 109 Å². The first-order valence-corrected chi connectivity index (χ1v) is 16.5. The summed E-state index contributed by atoms with van der Waals surface area (Å²) in [5.41, 5.74) is 2.40. The molecule has 1 aromatic carbocycles. The first kappa shape index (κ1) is 30.3. The molecule has 10 heteroatoms. The van der Waals surface area contributed by atoms with Crippen molar-refractivity contribution in [3.8, 4) is 0 Å². The summed E-state index contributed by atoms with van der Waals surface area (Å²) < 4.78 is 40.0. The lowest BCUT2D eigenvalue weighted by Gasteiger charge is -2.34. The molecule has 4 heterocycles. The van der Waals surface area contributed by atoms with E-state index in [0.29, 0.717) is 31.1 Å². The number of amides is 1. The smallest absolute Gasteiger partial charge is 0.248 e. The molecule has 1 atom stereocenters. The molecule has 5 rings (SSSR count). The summed E-state index contributed by atoms with van der Waals surface area (Å²) in [5.74, 6) is 1.54. The van der Waals surface area contributed by atoms with Crippen LogP contribution in [0, 0.1) is 19.8 Å². The number of nitrogens with one attached hydrogen (secondary N) is 1. The Hall–Kier alpha value is -3.21. The van der Waals surface area contributed by atoms with E-state index in [1.54, 1.807) is 13.0 Å².